The molecule has 2 aromatic rings. The van der Waals surface area contributed by atoms with Crippen molar-refractivity contribution in [2.75, 3.05) is 7.11 Å². The third-order valence-electron chi connectivity index (χ3n) is 3.50. The summed E-state index contributed by atoms with van der Waals surface area (Å²) in [6.45, 7) is 0. The number of rotatable bonds is 3. The van der Waals surface area contributed by atoms with E-state index >= 15 is 0 Å². The number of carbonyl (C=O) groups excluding carboxylic acids is 2. The second-order valence-electron chi connectivity index (χ2n) is 4.81. The van der Waals surface area contributed by atoms with Crippen LogP contribution < -0.4 is 10.1 Å². The summed E-state index contributed by atoms with van der Waals surface area (Å²) in [5, 5.41) is 11.7. The molecule has 1 aliphatic heterocycles. The number of hydrogen-bond donors (Lipinski definition) is 2. The number of nitrogens with one attached hydrogen (secondary N) is 1. The Balaban J connectivity index is 1.93. The smallest absolute Gasteiger partial charge is 0.293 e. The van der Waals surface area contributed by atoms with Gasteiger partial charge in [-0.1, -0.05) is 36.4 Å². The van der Waals surface area contributed by atoms with E-state index in [0.717, 1.165) is 16.9 Å². The summed E-state index contributed by atoms with van der Waals surface area (Å²) in [7, 11) is 1.61. The molecule has 0 spiro atoms. The van der Waals surface area contributed by atoms with E-state index in [1.807, 2.05) is 36.4 Å². The molecule has 0 aromatic heterocycles. The monoisotopic (exact) mass is 295 g/mol. The van der Waals surface area contributed by atoms with Crippen LogP contribution in [0.3, 0.4) is 0 Å². The van der Waals surface area contributed by atoms with Crippen molar-refractivity contribution in [3.63, 3.8) is 0 Å². The lowest BCUT2D eigenvalue weighted by molar-refractivity contribution is -0.124. The molecule has 0 bridgehead atoms. The third-order valence-corrected chi connectivity index (χ3v) is 3.50. The third kappa shape index (κ3) is 2.33. The fourth-order valence-corrected chi connectivity index (χ4v) is 2.33. The predicted octanol–water partition coefficient (Wildman–Crippen LogP) is 2.29. The minimum atomic E-state index is -0.765. The van der Waals surface area contributed by atoms with Crippen molar-refractivity contribution in [3.05, 3.63) is 59.9 Å². The van der Waals surface area contributed by atoms with Gasteiger partial charge in [0.05, 0.1) is 12.7 Å². The lowest BCUT2D eigenvalue weighted by Crippen LogP contribution is -2.22. The van der Waals surface area contributed by atoms with Gasteiger partial charge in [-0.05, 0) is 28.8 Å². The maximum atomic E-state index is 11.7. The molecular formula is C17H13NO4. The Labute approximate surface area is 126 Å². The molecule has 3 rings (SSSR count). The van der Waals surface area contributed by atoms with Gasteiger partial charge in [0.1, 0.15) is 5.75 Å². The summed E-state index contributed by atoms with van der Waals surface area (Å²) in [5.74, 6) is -1.11. The van der Waals surface area contributed by atoms with Gasteiger partial charge in [-0.25, -0.2) is 0 Å². The average molecular weight is 295 g/mol. The van der Waals surface area contributed by atoms with Gasteiger partial charge in [-0.2, -0.15) is 0 Å². The predicted molar refractivity (Wildman–Crippen MR) is 81.1 cm³/mol. The molecule has 2 N–H and O–H groups in total. The van der Waals surface area contributed by atoms with Crippen LogP contribution in [0.15, 0.2) is 54.3 Å². The van der Waals surface area contributed by atoms with Crippen molar-refractivity contribution in [1.29, 1.82) is 0 Å². The lowest BCUT2D eigenvalue weighted by atomic mass is 10.00. The van der Waals surface area contributed by atoms with Crippen LogP contribution in [0, 0.1) is 0 Å². The van der Waals surface area contributed by atoms with E-state index in [1.54, 1.807) is 19.2 Å². The Morgan fingerprint density at radius 2 is 1.32 bits per heavy atom. The van der Waals surface area contributed by atoms with Crippen molar-refractivity contribution in [2.45, 2.75) is 0 Å². The standard InChI is InChI=1S/C17H13NO4/c1-22-13-8-6-11(7-9-13)10-2-4-12(5-3-10)14-15(19)17(21)18-16(14)20/h2-9H,1H3,(H2,18,19,20,21). The van der Waals surface area contributed by atoms with E-state index in [0.29, 0.717) is 5.56 Å². The molecule has 2 aromatic carbocycles. The Hall–Kier alpha value is -3.08. The second-order valence-corrected chi connectivity index (χ2v) is 4.81. The Morgan fingerprint density at radius 1 is 0.818 bits per heavy atom. The minimum Gasteiger partial charge on any atom is -0.502 e. The molecule has 2 amide bonds. The quantitative estimate of drug-likeness (QED) is 0.852. The first-order valence-corrected chi connectivity index (χ1v) is 6.64. The summed E-state index contributed by atoms with van der Waals surface area (Å²) in [4.78, 5) is 22.9. The van der Waals surface area contributed by atoms with Gasteiger partial charge in [0.15, 0.2) is 5.76 Å². The molecule has 22 heavy (non-hydrogen) atoms. The Bertz CT molecular complexity index is 773. The van der Waals surface area contributed by atoms with E-state index in [4.69, 9.17) is 4.74 Å². The van der Waals surface area contributed by atoms with Gasteiger partial charge >= 0.3 is 0 Å². The van der Waals surface area contributed by atoms with Crippen LogP contribution in [0.25, 0.3) is 16.7 Å². The average Bonchev–Trinajstić information content (AvgIpc) is 2.80. The lowest BCUT2D eigenvalue weighted by Gasteiger charge is -2.06. The first-order chi connectivity index (χ1) is 10.6. The maximum absolute atomic E-state index is 11.7. The molecule has 0 fully saturated rings. The van der Waals surface area contributed by atoms with Crippen LogP contribution in [0.1, 0.15) is 5.56 Å². The highest BCUT2D eigenvalue weighted by Gasteiger charge is 2.30. The molecule has 5 heteroatoms. The highest BCUT2D eigenvalue weighted by Crippen LogP contribution is 2.27. The van der Waals surface area contributed by atoms with Gasteiger partial charge in [-0.15, -0.1) is 0 Å². The zero-order chi connectivity index (χ0) is 15.7. The van der Waals surface area contributed by atoms with Gasteiger partial charge in [-0.3, -0.25) is 14.9 Å². The van der Waals surface area contributed by atoms with Gasteiger partial charge in [0.25, 0.3) is 11.8 Å². The molecule has 5 nitrogen and oxygen atoms in total. The molecule has 0 unspecified atom stereocenters. The summed E-state index contributed by atoms with van der Waals surface area (Å²) in [6.07, 6.45) is 0. The van der Waals surface area contributed by atoms with Crippen molar-refractivity contribution in [2.24, 2.45) is 0 Å². The molecule has 0 atom stereocenters. The van der Waals surface area contributed by atoms with Crippen LogP contribution >= 0.6 is 0 Å². The SMILES string of the molecule is COc1ccc(-c2ccc(C3=C(O)C(=O)NC3=O)cc2)cc1. The molecule has 0 radical (unpaired) electrons. The van der Waals surface area contributed by atoms with Crippen molar-refractivity contribution >= 4 is 17.4 Å². The van der Waals surface area contributed by atoms with E-state index in [2.05, 4.69) is 5.32 Å². The minimum absolute atomic E-state index is 0.00582. The highest BCUT2D eigenvalue weighted by molar-refractivity contribution is 6.35. The number of imide groups is 1. The Morgan fingerprint density at radius 3 is 1.77 bits per heavy atom. The summed E-state index contributed by atoms with van der Waals surface area (Å²) in [6, 6.07) is 14.6. The van der Waals surface area contributed by atoms with E-state index in [-0.39, 0.29) is 5.57 Å². The number of aliphatic hydroxyl groups is 1. The van der Waals surface area contributed by atoms with E-state index in [1.165, 1.54) is 0 Å². The molecule has 110 valence electrons. The number of amides is 2. The van der Waals surface area contributed by atoms with Gasteiger partial charge in [0.2, 0.25) is 0 Å². The summed E-state index contributed by atoms with van der Waals surface area (Å²) >= 11 is 0. The first-order valence-electron chi connectivity index (χ1n) is 6.64. The van der Waals surface area contributed by atoms with Gasteiger partial charge in [0, 0.05) is 0 Å². The fraction of sp³-hybridized carbons (Fsp3) is 0.0588. The zero-order valence-corrected chi connectivity index (χ0v) is 11.8. The van der Waals surface area contributed by atoms with Crippen LogP contribution in [0.4, 0.5) is 0 Å². The molecular weight excluding hydrogens is 282 g/mol. The molecule has 0 saturated carbocycles. The topological polar surface area (TPSA) is 75.6 Å². The number of aliphatic hydroxyl groups excluding tert-OH is 1. The number of methoxy groups -OCH3 is 1. The zero-order valence-electron chi connectivity index (χ0n) is 11.8. The molecule has 1 aliphatic rings. The van der Waals surface area contributed by atoms with Crippen LogP contribution in [-0.4, -0.2) is 24.0 Å². The van der Waals surface area contributed by atoms with Crippen molar-refractivity contribution in [1.82, 2.24) is 5.32 Å². The van der Waals surface area contributed by atoms with Gasteiger partial charge < -0.3 is 9.84 Å². The fourth-order valence-electron chi connectivity index (χ4n) is 2.33. The number of hydrogen-bond acceptors (Lipinski definition) is 4. The summed E-state index contributed by atoms with van der Waals surface area (Å²) in [5.41, 5.74) is 2.46. The number of benzene rings is 2. The van der Waals surface area contributed by atoms with Crippen LogP contribution in [0.5, 0.6) is 5.75 Å². The van der Waals surface area contributed by atoms with Crippen LogP contribution in [-0.2, 0) is 9.59 Å². The highest BCUT2D eigenvalue weighted by atomic mass is 16.5. The van der Waals surface area contributed by atoms with Crippen LogP contribution in [0.2, 0.25) is 0 Å². The Kier molecular flexibility index (Phi) is 3.39. The molecule has 0 saturated heterocycles. The second kappa shape index (κ2) is 5.37. The number of carbonyl (C=O) groups is 2. The first kappa shape index (κ1) is 13.9. The van der Waals surface area contributed by atoms with E-state index in [9.17, 15) is 14.7 Å². The normalized spacial score (nSPS) is 14.2. The summed E-state index contributed by atoms with van der Waals surface area (Å²) < 4.78 is 5.12. The molecule has 1 heterocycles. The van der Waals surface area contributed by atoms with E-state index < -0.39 is 17.6 Å². The number of ether oxygens (including phenoxy) is 1. The largest absolute Gasteiger partial charge is 0.502 e. The van der Waals surface area contributed by atoms with Crippen molar-refractivity contribution < 1.29 is 19.4 Å². The molecule has 0 aliphatic carbocycles. The maximum Gasteiger partial charge on any atom is 0.293 e. The van der Waals surface area contributed by atoms with Crippen molar-refractivity contribution in [3.8, 4) is 16.9 Å².